The molecule has 0 heterocycles. The molecule has 26 nitrogen and oxygen atoms in total. The van der Waals surface area contributed by atoms with E-state index in [9.17, 15) is 73.2 Å². The van der Waals surface area contributed by atoms with Crippen molar-refractivity contribution < 1.29 is 78.3 Å². The maximum atomic E-state index is 14.0. The Bertz CT molecular complexity index is 2020. The van der Waals surface area contributed by atoms with Crippen LogP contribution in [0.25, 0.3) is 0 Å². The van der Waals surface area contributed by atoms with Crippen LogP contribution in [0.3, 0.4) is 0 Å². The molecular formula is C47H76N10O16. The number of unbranched alkanes of at least 4 members (excludes halogenated alkanes) is 1. The van der Waals surface area contributed by atoms with Gasteiger partial charge in [-0.1, -0.05) is 71.9 Å². The van der Waals surface area contributed by atoms with E-state index < -0.39 is 164 Å². The lowest BCUT2D eigenvalue weighted by Gasteiger charge is -2.28. The standard InChI is InChI=1S/C47H76N10O16/c1-24(2)20-31(52-39(64)28(49)15-17-35(60)61)43(68)56-37(25(3)4)46(71)55-34(23-59)45(70)51-30(16-18-36(62)63)40(65)53-32(21-27-12-8-7-9-13-27)42(67)54-33(22-58)44(69)50-29(14-10-11-19-48)41(66)57-38(26(5)6)47(72)73/h7-9,12-13,24-26,28-34,37-38,58-59H,10-11,14-23,48-49H2,1-6H3,(H,50,69)(H,51,70)(H,52,64)(H,53,65)(H,54,67)(H,55,71)(H,56,68)(H,57,66)(H,60,61)(H,62,63)(H,72,73)/t28-,29-,30-,31-,32-,33-,34-,37-,38-/m0/s1. The molecule has 0 aliphatic carbocycles. The van der Waals surface area contributed by atoms with E-state index in [-0.39, 0.29) is 38.1 Å². The molecule has 0 aromatic heterocycles. The van der Waals surface area contributed by atoms with Crippen molar-refractivity contribution in [2.45, 2.75) is 154 Å². The first-order chi connectivity index (χ1) is 34.3. The number of aliphatic hydroxyl groups excluding tert-OH is 2. The summed E-state index contributed by atoms with van der Waals surface area (Å²) in [4.78, 5) is 143. The average Bonchev–Trinajstić information content (AvgIpc) is 3.32. The lowest BCUT2D eigenvalue weighted by atomic mass is 9.99. The van der Waals surface area contributed by atoms with E-state index in [1.807, 2.05) is 0 Å². The number of benzene rings is 1. The van der Waals surface area contributed by atoms with Crippen molar-refractivity contribution in [2.24, 2.45) is 29.2 Å². The van der Waals surface area contributed by atoms with Crippen LogP contribution in [0.1, 0.15) is 98.5 Å². The Morgan fingerprint density at radius 2 is 0.890 bits per heavy atom. The van der Waals surface area contributed by atoms with Crippen molar-refractivity contribution in [3.8, 4) is 0 Å². The summed E-state index contributed by atoms with van der Waals surface area (Å²) in [7, 11) is 0. The highest BCUT2D eigenvalue weighted by Gasteiger charge is 2.36. The van der Waals surface area contributed by atoms with Crippen molar-refractivity contribution in [1.82, 2.24) is 42.5 Å². The summed E-state index contributed by atoms with van der Waals surface area (Å²) in [5.41, 5.74) is 11.9. The van der Waals surface area contributed by atoms with Gasteiger partial charge in [0.1, 0.15) is 48.3 Å². The highest BCUT2D eigenvalue weighted by Crippen LogP contribution is 2.12. The molecule has 9 atom stereocenters. The number of aliphatic carboxylic acids is 3. The van der Waals surface area contributed by atoms with Crippen LogP contribution in [0.15, 0.2) is 30.3 Å². The van der Waals surface area contributed by atoms with E-state index in [0.29, 0.717) is 18.4 Å². The first-order valence-electron chi connectivity index (χ1n) is 24.1. The van der Waals surface area contributed by atoms with Crippen LogP contribution in [0, 0.1) is 17.8 Å². The number of rotatable bonds is 35. The van der Waals surface area contributed by atoms with Gasteiger partial charge in [-0.25, -0.2) is 4.79 Å². The molecule has 0 saturated carbocycles. The zero-order chi connectivity index (χ0) is 55.5. The summed E-state index contributed by atoms with van der Waals surface area (Å²) in [6.07, 6.45) is -1.32. The maximum absolute atomic E-state index is 14.0. The third kappa shape index (κ3) is 24.0. The number of hydrogen-bond acceptors (Lipinski definition) is 15. The van der Waals surface area contributed by atoms with Gasteiger partial charge in [-0.05, 0) is 68.4 Å². The van der Waals surface area contributed by atoms with Gasteiger partial charge >= 0.3 is 17.9 Å². The Morgan fingerprint density at radius 1 is 0.479 bits per heavy atom. The second-order valence-electron chi connectivity index (χ2n) is 18.6. The van der Waals surface area contributed by atoms with Gasteiger partial charge in [-0.15, -0.1) is 0 Å². The summed E-state index contributed by atoms with van der Waals surface area (Å²) in [6.45, 7) is 7.91. The Morgan fingerprint density at radius 3 is 1.37 bits per heavy atom. The van der Waals surface area contributed by atoms with Crippen molar-refractivity contribution >= 4 is 65.2 Å². The van der Waals surface area contributed by atoms with Crippen LogP contribution in [-0.4, -0.2) is 165 Å². The predicted octanol–water partition coefficient (Wildman–Crippen LogP) is -3.28. The SMILES string of the molecule is CC(C)C[C@H](NC(=O)[C@@H](N)CCC(=O)O)C(=O)N[C@H](C(=O)N[C@@H](CO)C(=O)N[C@@H](CCC(=O)O)C(=O)N[C@@H](Cc1ccccc1)C(=O)N[C@@H](CO)C(=O)N[C@@H](CCCCN)C(=O)N[C@H](C(=O)O)C(C)C)C(C)C. The highest BCUT2D eigenvalue weighted by atomic mass is 16.4. The zero-order valence-corrected chi connectivity index (χ0v) is 42.2. The van der Waals surface area contributed by atoms with Gasteiger partial charge in [0.05, 0.1) is 19.3 Å². The highest BCUT2D eigenvalue weighted by molar-refractivity contribution is 5.98. The van der Waals surface area contributed by atoms with Gasteiger partial charge in [0, 0.05) is 19.3 Å². The van der Waals surface area contributed by atoms with E-state index in [1.165, 1.54) is 0 Å². The molecule has 1 aromatic carbocycles. The first-order valence-corrected chi connectivity index (χ1v) is 24.1. The van der Waals surface area contributed by atoms with E-state index in [4.69, 9.17) is 16.6 Å². The number of hydrogen-bond donors (Lipinski definition) is 15. The van der Waals surface area contributed by atoms with E-state index >= 15 is 0 Å². The summed E-state index contributed by atoms with van der Waals surface area (Å²) in [6, 6.07) is -5.26. The Labute approximate surface area is 423 Å². The second-order valence-corrected chi connectivity index (χ2v) is 18.6. The Kier molecular flexibility index (Phi) is 29.1. The molecule has 26 heteroatoms. The molecule has 17 N–H and O–H groups in total. The van der Waals surface area contributed by atoms with Gasteiger partial charge in [0.15, 0.2) is 0 Å². The number of nitrogens with two attached hydrogens (primary N) is 2. The van der Waals surface area contributed by atoms with Crippen molar-refractivity contribution in [1.29, 1.82) is 0 Å². The fourth-order valence-corrected chi connectivity index (χ4v) is 7.04. The molecule has 0 bridgehead atoms. The monoisotopic (exact) mass is 1040 g/mol. The quantitative estimate of drug-likeness (QED) is 0.0297. The molecule has 0 aliphatic rings. The fourth-order valence-electron chi connectivity index (χ4n) is 7.04. The van der Waals surface area contributed by atoms with Crippen LogP contribution in [0.5, 0.6) is 0 Å². The minimum absolute atomic E-state index is 0.00670. The number of aliphatic hydroxyl groups is 2. The minimum Gasteiger partial charge on any atom is -0.481 e. The largest absolute Gasteiger partial charge is 0.481 e. The summed E-state index contributed by atoms with van der Waals surface area (Å²) < 4.78 is 0. The van der Waals surface area contributed by atoms with Crippen LogP contribution < -0.4 is 54.0 Å². The van der Waals surface area contributed by atoms with Gasteiger partial charge < -0.3 is 79.5 Å². The Balaban J connectivity index is 3.41. The molecular weight excluding hydrogens is 961 g/mol. The van der Waals surface area contributed by atoms with Crippen LogP contribution in [0.2, 0.25) is 0 Å². The molecule has 0 unspecified atom stereocenters. The summed E-state index contributed by atoms with van der Waals surface area (Å²) in [5.74, 6) is -13.1. The van der Waals surface area contributed by atoms with E-state index in [1.54, 1.807) is 71.9 Å². The van der Waals surface area contributed by atoms with E-state index in [0.717, 1.165) is 0 Å². The number of amides is 8. The molecule has 1 rings (SSSR count). The molecule has 0 saturated heterocycles. The van der Waals surface area contributed by atoms with Gasteiger partial charge in [0.2, 0.25) is 47.3 Å². The van der Waals surface area contributed by atoms with Crippen LogP contribution >= 0.6 is 0 Å². The number of carbonyl (C=O) groups excluding carboxylic acids is 8. The molecule has 410 valence electrons. The van der Waals surface area contributed by atoms with Crippen molar-refractivity contribution in [3.63, 3.8) is 0 Å². The van der Waals surface area contributed by atoms with E-state index in [2.05, 4.69) is 42.5 Å². The lowest BCUT2D eigenvalue weighted by Crippen LogP contribution is -2.62. The molecule has 8 amide bonds. The number of carboxylic acid groups (broad SMARTS) is 3. The van der Waals surface area contributed by atoms with Crippen molar-refractivity contribution in [2.75, 3.05) is 19.8 Å². The topological polar surface area (TPSA) is 437 Å². The predicted molar refractivity (Wildman–Crippen MR) is 261 cm³/mol. The summed E-state index contributed by atoms with van der Waals surface area (Å²) in [5, 5.41) is 67.9. The van der Waals surface area contributed by atoms with Crippen LogP contribution in [-0.2, 0) is 59.2 Å². The average molecular weight is 1040 g/mol. The summed E-state index contributed by atoms with van der Waals surface area (Å²) >= 11 is 0. The van der Waals surface area contributed by atoms with Crippen LogP contribution in [0.4, 0.5) is 0 Å². The number of nitrogens with one attached hydrogen (secondary N) is 8. The van der Waals surface area contributed by atoms with Gasteiger partial charge in [-0.3, -0.25) is 47.9 Å². The maximum Gasteiger partial charge on any atom is 0.326 e. The lowest BCUT2D eigenvalue weighted by molar-refractivity contribution is -0.143. The molecule has 1 aromatic rings. The van der Waals surface area contributed by atoms with Crippen molar-refractivity contribution in [3.05, 3.63) is 35.9 Å². The second kappa shape index (κ2) is 33.1. The smallest absolute Gasteiger partial charge is 0.326 e. The normalized spacial score (nSPS) is 14.9. The molecule has 0 radical (unpaired) electrons. The first kappa shape index (κ1) is 64.2. The van der Waals surface area contributed by atoms with Gasteiger partial charge in [-0.2, -0.15) is 0 Å². The fraction of sp³-hybridized carbons (Fsp3) is 0.638. The zero-order valence-electron chi connectivity index (χ0n) is 42.2. The minimum atomic E-state index is -1.81. The molecule has 0 fully saturated rings. The Hall–Kier alpha value is -6.77. The number of carbonyl (C=O) groups is 11. The van der Waals surface area contributed by atoms with Gasteiger partial charge in [0.25, 0.3) is 0 Å². The molecule has 73 heavy (non-hydrogen) atoms. The molecule has 0 spiro atoms. The number of carboxylic acids is 3. The third-order valence-corrected chi connectivity index (χ3v) is 11.2. The molecule has 0 aliphatic heterocycles. The third-order valence-electron chi connectivity index (χ3n) is 11.2.